The van der Waals surface area contributed by atoms with Gasteiger partial charge in [-0.1, -0.05) is 26.0 Å². The Morgan fingerprint density at radius 1 is 1.06 bits per heavy atom. The summed E-state index contributed by atoms with van der Waals surface area (Å²) in [6, 6.07) is 9.58. The molecule has 1 saturated heterocycles. The number of hydrogen-bond donors (Lipinski definition) is 5. The molecule has 3 heterocycles. The Bertz CT molecular complexity index is 2170. The smallest absolute Gasteiger partial charge is 0.410 e. The number of carbonyl (C=O) groups is 3. The van der Waals surface area contributed by atoms with Crippen molar-refractivity contribution in [1.82, 2.24) is 29.5 Å². The minimum atomic E-state index is -3.89. The standard InChI is InChI=1S/C31H42N8O6S.C7H10N2O.C2H6.2CH5N/c1-31(2,3)45-30(41)38-17-21(18-38)10-13-44-27-15-22(19-40)14-25-28(27)39(29(32)36-25)12-7-6-11-37(20-34-4)26-9-8-23(46(33,42)43)16-24(26)35-5;1-3-9-7(5-10)4-6(2)8-9;3*1-2/h6-9,14-16,19,21,34H,5,10-13,17-18,20H2,1-4H3,(H2,32,36)(H2,33,42,43);4-5H,3H2,1-2H3;1-2H3;2*2H2,1H3/b7-6+;;;;. The quantitative estimate of drug-likeness (QED) is 0.0449. The van der Waals surface area contributed by atoms with Crippen molar-refractivity contribution in [1.29, 1.82) is 0 Å². The van der Waals surface area contributed by atoms with E-state index in [0.29, 0.717) is 78.9 Å². The van der Waals surface area contributed by atoms with Gasteiger partial charge in [0.05, 0.1) is 40.8 Å². The molecule has 9 N–H and O–H groups in total. The van der Waals surface area contributed by atoms with Gasteiger partial charge < -0.3 is 46.4 Å². The molecule has 2 aromatic heterocycles. The van der Waals surface area contributed by atoms with Crippen LogP contribution in [0, 0.1) is 12.8 Å². The molecule has 1 fully saturated rings. The summed E-state index contributed by atoms with van der Waals surface area (Å²) >= 11 is 0. The van der Waals surface area contributed by atoms with Crippen molar-refractivity contribution in [2.45, 2.75) is 78.5 Å². The highest BCUT2D eigenvalue weighted by molar-refractivity contribution is 7.89. The largest absolute Gasteiger partial charge is 0.491 e. The number of sulfonamides is 1. The van der Waals surface area contributed by atoms with Gasteiger partial charge in [-0.3, -0.25) is 19.3 Å². The summed E-state index contributed by atoms with van der Waals surface area (Å²) in [5.74, 6) is 1.04. The van der Waals surface area contributed by atoms with Crippen LogP contribution in [-0.4, -0.2) is 118 Å². The molecule has 20 heteroatoms. The molecular formula is C42H68N12O7S. The van der Waals surface area contributed by atoms with Gasteiger partial charge in [0, 0.05) is 38.3 Å². The molecule has 0 unspecified atom stereocenters. The lowest BCUT2D eigenvalue weighted by Gasteiger charge is -2.39. The number of aryl methyl sites for hydroxylation is 2. The van der Waals surface area contributed by atoms with Gasteiger partial charge in [0.1, 0.15) is 28.8 Å². The zero-order chi connectivity index (χ0) is 47.2. The number of amides is 1. The van der Waals surface area contributed by atoms with Crippen molar-refractivity contribution >= 4 is 63.8 Å². The number of anilines is 2. The Hall–Kier alpha value is -5.67. The second kappa shape index (κ2) is 26.6. The number of fused-ring (bicyclic) bond motifs is 1. The van der Waals surface area contributed by atoms with Crippen LogP contribution in [0.25, 0.3) is 11.0 Å². The number of carbonyl (C=O) groups excluding carboxylic acids is 3. The Morgan fingerprint density at radius 3 is 2.26 bits per heavy atom. The number of nitrogens with two attached hydrogens (primary N) is 4. The number of aliphatic imine (C=N–C) groups is 1. The van der Waals surface area contributed by atoms with Crippen LogP contribution >= 0.6 is 0 Å². The average Bonchev–Trinajstić information content (AvgIpc) is 3.77. The monoisotopic (exact) mass is 885 g/mol. The molecule has 2 aromatic carbocycles. The lowest BCUT2D eigenvalue weighted by Crippen LogP contribution is -2.51. The third-order valence-corrected chi connectivity index (χ3v) is 9.57. The van der Waals surface area contributed by atoms with E-state index in [4.69, 9.17) is 20.3 Å². The number of allylic oxidation sites excluding steroid dienone is 1. The van der Waals surface area contributed by atoms with Gasteiger partial charge in [0.2, 0.25) is 16.0 Å². The summed E-state index contributed by atoms with van der Waals surface area (Å²) in [7, 11) is 0.907. The molecule has 1 aliphatic rings. The van der Waals surface area contributed by atoms with Gasteiger partial charge in [0.15, 0.2) is 6.29 Å². The number of nitrogens with one attached hydrogen (secondary N) is 1. The Morgan fingerprint density at radius 2 is 1.73 bits per heavy atom. The van der Waals surface area contributed by atoms with Crippen molar-refractivity contribution < 1.29 is 32.3 Å². The summed E-state index contributed by atoms with van der Waals surface area (Å²) in [5.41, 5.74) is 19.0. The summed E-state index contributed by atoms with van der Waals surface area (Å²) in [6.45, 7) is 20.5. The number of likely N-dealkylation sites (tertiary alicyclic amines) is 1. The molecule has 0 spiro atoms. The Balaban J connectivity index is 0.00000102. The third kappa shape index (κ3) is 16.0. The van der Waals surface area contributed by atoms with Gasteiger partial charge in [-0.2, -0.15) is 5.10 Å². The zero-order valence-electron chi connectivity index (χ0n) is 37.9. The minimum absolute atomic E-state index is 0.0488. The fourth-order valence-corrected chi connectivity index (χ4v) is 6.54. The number of nitrogen functional groups attached to an aromatic ring is 1. The molecule has 1 aliphatic heterocycles. The Labute approximate surface area is 366 Å². The predicted octanol–water partition coefficient (Wildman–Crippen LogP) is 4.49. The van der Waals surface area contributed by atoms with E-state index in [1.807, 2.05) is 70.1 Å². The van der Waals surface area contributed by atoms with E-state index in [0.717, 1.165) is 31.2 Å². The van der Waals surface area contributed by atoms with Crippen LogP contribution in [0.2, 0.25) is 0 Å². The fourth-order valence-electron chi connectivity index (χ4n) is 6.00. The molecule has 62 heavy (non-hydrogen) atoms. The first-order valence-electron chi connectivity index (χ1n) is 20.2. The third-order valence-electron chi connectivity index (χ3n) is 8.66. The molecule has 0 radical (unpaired) electrons. The topological polar surface area (TPSA) is 274 Å². The number of imidazole rings is 1. The van der Waals surface area contributed by atoms with Crippen molar-refractivity contribution in [2.24, 2.45) is 27.5 Å². The number of aromatic nitrogens is 4. The van der Waals surface area contributed by atoms with Crippen LogP contribution in [0.15, 0.2) is 58.4 Å². The van der Waals surface area contributed by atoms with Gasteiger partial charge in [-0.25, -0.2) is 23.3 Å². The summed E-state index contributed by atoms with van der Waals surface area (Å²) in [4.78, 5) is 46.3. The zero-order valence-corrected chi connectivity index (χ0v) is 38.7. The number of rotatable bonds is 16. The Kier molecular flexibility index (Phi) is 23.3. The molecule has 0 aliphatic carbocycles. The molecule has 5 rings (SSSR count). The van der Waals surface area contributed by atoms with E-state index in [2.05, 4.69) is 38.6 Å². The van der Waals surface area contributed by atoms with Crippen LogP contribution in [0.1, 0.15) is 74.5 Å². The second-order valence-electron chi connectivity index (χ2n) is 14.2. The van der Waals surface area contributed by atoms with Crippen molar-refractivity contribution in [2.75, 3.05) is 64.7 Å². The second-order valence-corrected chi connectivity index (χ2v) is 15.7. The van der Waals surface area contributed by atoms with E-state index in [1.165, 1.54) is 26.2 Å². The number of ether oxygens (including phenoxy) is 2. The lowest BCUT2D eigenvalue weighted by atomic mass is 9.97. The summed E-state index contributed by atoms with van der Waals surface area (Å²) < 4.78 is 38.7. The maximum Gasteiger partial charge on any atom is 0.410 e. The van der Waals surface area contributed by atoms with Crippen LogP contribution in [-0.2, 0) is 27.8 Å². The van der Waals surface area contributed by atoms with E-state index >= 15 is 0 Å². The molecule has 1 amide bonds. The van der Waals surface area contributed by atoms with Gasteiger partial charge in [0.25, 0.3) is 0 Å². The number of nitrogens with zero attached hydrogens (tertiary/aromatic N) is 7. The fraction of sp³-hybridized carbons (Fsp3) is 0.476. The first-order chi connectivity index (χ1) is 29.5. The van der Waals surface area contributed by atoms with Crippen LogP contribution < -0.4 is 37.3 Å². The first-order valence-corrected chi connectivity index (χ1v) is 21.7. The number of primary sulfonamides is 1. The number of benzene rings is 2. The molecule has 344 valence electrons. The van der Waals surface area contributed by atoms with Crippen LogP contribution in [0.3, 0.4) is 0 Å². The predicted molar refractivity (Wildman–Crippen MR) is 248 cm³/mol. The van der Waals surface area contributed by atoms with Crippen molar-refractivity contribution in [3.05, 3.63) is 65.5 Å². The summed E-state index contributed by atoms with van der Waals surface area (Å²) in [6.07, 6.45) is 5.84. The lowest BCUT2D eigenvalue weighted by molar-refractivity contribution is -0.00382. The van der Waals surface area contributed by atoms with Crippen molar-refractivity contribution in [3.8, 4) is 5.75 Å². The number of hydrogen-bond acceptors (Lipinski definition) is 15. The summed E-state index contributed by atoms with van der Waals surface area (Å²) in [5, 5.41) is 12.5. The van der Waals surface area contributed by atoms with Crippen molar-refractivity contribution in [3.63, 3.8) is 0 Å². The highest BCUT2D eigenvalue weighted by atomic mass is 32.2. The minimum Gasteiger partial charge on any atom is -0.491 e. The highest BCUT2D eigenvalue weighted by Gasteiger charge is 2.33. The number of aldehydes is 2. The van der Waals surface area contributed by atoms with E-state index in [9.17, 15) is 22.8 Å². The van der Waals surface area contributed by atoms with Gasteiger partial charge in [-0.15, -0.1) is 0 Å². The molecular weight excluding hydrogens is 817 g/mol. The van der Waals surface area contributed by atoms with Gasteiger partial charge in [-0.05, 0) is 111 Å². The maximum absolute atomic E-state index is 12.2. The van der Waals surface area contributed by atoms with E-state index < -0.39 is 15.6 Å². The molecule has 0 bridgehead atoms. The molecule has 0 saturated carbocycles. The molecule has 19 nitrogen and oxygen atoms in total. The highest BCUT2D eigenvalue weighted by Crippen LogP contribution is 2.32. The first kappa shape index (κ1) is 54.3. The van der Waals surface area contributed by atoms with E-state index in [1.54, 1.807) is 40.9 Å². The molecule has 0 atom stereocenters. The normalized spacial score (nSPS) is 12.2. The van der Waals surface area contributed by atoms with Crippen LogP contribution in [0.5, 0.6) is 5.75 Å². The van der Waals surface area contributed by atoms with Gasteiger partial charge >= 0.3 is 6.09 Å². The van der Waals surface area contributed by atoms with Crippen LogP contribution in [0.4, 0.5) is 22.1 Å². The molecule has 4 aromatic rings. The average molecular weight is 885 g/mol. The SMILES string of the molecule is C=Nc1cc(S(N)(=O)=O)ccc1N(C/C=C/Cn1c(N)nc2cc(C=O)cc(OCCC3CN(C(=O)OC(C)(C)C)C3)c21)CNC.CC.CCn1nc(C)cc1C=O.CN.CN. The van der Waals surface area contributed by atoms with E-state index in [-0.39, 0.29) is 22.9 Å². The maximum atomic E-state index is 12.2.